The maximum Gasteiger partial charge on any atom is 0.291 e. The molecule has 2 heterocycles. The first-order valence-electron chi connectivity index (χ1n) is 8.62. The first-order valence-corrected chi connectivity index (χ1v) is 9.41. The van der Waals surface area contributed by atoms with Gasteiger partial charge >= 0.3 is 0 Å². The van der Waals surface area contributed by atoms with Crippen LogP contribution in [0.25, 0.3) is 0 Å². The van der Waals surface area contributed by atoms with Gasteiger partial charge in [-0.15, -0.1) is 0 Å². The predicted octanol–water partition coefficient (Wildman–Crippen LogP) is 1.46. The molecule has 2 aromatic rings. The smallest absolute Gasteiger partial charge is 0.291 e. The molecular weight excluding hydrogens is 428 g/mol. The van der Waals surface area contributed by atoms with Gasteiger partial charge in [-0.25, -0.2) is 0 Å². The van der Waals surface area contributed by atoms with E-state index in [1.54, 1.807) is 60.3 Å². The zero-order valence-electron chi connectivity index (χ0n) is 15.6. The van der Waals surface area contributed by atoms with Crippen LogP contribution in [0.15, 0.2) is 45.5 Å². The van der Waals surface area contributed by atoms with Crippen molar-refractivity contribution in [2.45, 2.75) is 12.0 Å². The highest BCUT2D eigenvalue weighted by Crippen LogP contribution is 2.26. The van der Waals surface area contributed by atoms with Gasteiger partial charge in [0, 0.05) is 18.8 Å². The van der Waals surface area contributed by atoms with Crippen molar-refractivity contribution in [3.05, 3.63) is 52.4 Å². The number of primary amides is 1. The van der Waals surface area contributed by atoms with Gasteiger partial charge in [0.25, 0.3) is 5.91 Å². The van der Waals surface area contributed by atoms with Gasteiger partial charge in [-0.1, -0.05) is 12.1 Å². The minimum Gasteiger partial charge on any atom is -0.444 e. The monoisotopic (exact) mass is 448 g/mol. The zero-order valence-corrected chi connectivity index (χ0v) is 17.2. The van der Waals surface area contributed by atoms with Crippen molar-refractivity contribution in [1.29, 1.82) is 0 Å². The van der Waals surface area contributed by atoms with Crippen molar-refractivity contribution in [2.24, 2.45) is 5.73 Å². The van der Waals surface area contributed by atoms with Gasteiger partial charge in [0.2, 0.25) is 11.8 Å². The second-order valence-electron chi connectivity index (χ2n) is 6.97. The molecule has 1 aliphatic rings. The van der Waals surface area contributed by atoms with E-state index >= 15 is 0 Å². The molecule has 1 aliphatic heterocycles. The molecular formula is C19H21BrN4O4. The summed E-state index contributed by atoms with van der Waals surface area (Å²) in [5.74, 6) is -0.662. The quantitative estimate of drug-likeness (QED) is 0.695. The van der Waals surface area contributed by atoms with Crippen LogP contribution in [0.2, 0.25) is 0 Å². The number of nitrogens with zero attached hydrogens (tertiary/aromatic N) is 2. The van der Waals surface area contributed by atoms with Crippen molar-refractivity contribution in [3.8, 4) is 0 Å². The average molecular weight is 449 g/mol. The topological polar surface area (TPSA) is 109 Å². The highest BCUT2D eigenvalue weighted by molar-refractivity contribution is 9.10. The van der Waals surface area contributed by atoms with E-state index in [2.05, 4.69) is 21.2 Å². The lowest BCUT2D eigenvalue weighted by atomic mass is 9.87. The van der Waals surface area contributed by atoms with Crippen LogP contribution in [0.1, 0.15) is 16.1 Å². The van der Waals surface area contributed by atoms with E-state index in [4.69, 9.17) is 10.2 Å². The predicted molar refractivity (Wildman–Crippen MR) is 107 cm³/mol. The number of nitrogens with two attached hydrogens (primary N) is 1. The summed E-state index contributed by atoms with van der Waals surface area (Å²) in [4.78, 5) is 39.6. The second-order valence-corrected chi connectivity index (χ2v) is 7.75. The molecule has 3 rings (SSSR count). The Labute approximate surface area is 170 Å². The number of anilines is 1. The summed E-state index contributed by atoms with van der Waals surface area (Å²) in [6, 6.07) is 10.2. The van der Waals surface area contributed by atoms with E-state index in [9.17, 15) is 14.4 Å². The van der Waals surface area contributed by atoms with Crippen LogP contribution in [-0.2, 0) is 16.0 Å². The minimum absolute atomic E-state index is 0.0732. The first kappa shape index (κ1) is 20.1. The Hall–Kier alpha value is -2.65. The summed E-state index contributed by atoms with van der Waals surface area (Å²) in [5.41, 5.74) is 6.10. The van der Waals surface area contributed by atoms with E-state index in [-0.39, 0.29) is 24.0 Å². The molecule has 0 spiro atoms. The minimum atomic E-state index is -0.787. The zero-order chi connectivity index (χ0) is 20.5. The van der Waals surface area contributed by atoms with E-state index in [1.807, 2.05) is 0 Å². The first-order chi connectivity index (χ1) is 13.2. The summed E-state index contributed by atoms with van der Waals surface area (Å²) >= 11 is 3.15. The van der Waals surface area contributed by atoms with Gasteiger partial charge < -0.3 is 20.4 Å². The summed E-state index contributed by atoms with van der Waals surface area (Å²) in [5, 5.41) is 2.73. The summed E-state index contributed by atoms with van der Waals surface area (Å²) < 4.78 is 5.69. The largest absolute Gasteiger partial charge is 0.444 e. The number of hydrogen-bond acceptors (Lipinski definition) is 5. The van der Waals surface area contributed by atoms with E-state index < -0.39 is 11.4 Å². The number of likely N-dealkylation sites (N-methyl/N-ethyl adjacent to an activating group) is 1. The van der Waals surface area contributed by atoms with Crippen molar-refractivity contribution in [2.75, 3.05) is 32.5 Å². The fourth-order valence-corrected chi connectivity index (χ4v) is 3.35. The number of rotatable bonds is 6. The van der Waals surface area contributed by atoms with Crippen LogP contribution in [0.3, 0.4) is 0 Å². The molecule has 148 valence electrons. The number of amides is 3. The van der Waals surface area contributed by atoms with Crippen LogP contribution in [0, 0.1) is 0 Å². The van der Waals surface area contributed by atoms with Crippen molar-refractivity contribution in [1.82, 2.24) is 9.80 Å². The average Bonchev–Trinajstić information content (AvgIpc) is 3.01. The third kappa shape index (κ3) is 3.95. The van der Waals surface area contributed by atoms with Crippen LogP contribution >= 0.6 is 15.9 Å². The Balaban J connectivity index is 1.55. The van der Waals surface area contributed by atoms with Gasteiger partial charge in [0.1, 0.15) is 5.54 Å². The number of halogens is 1. The summed E-state index contributed by atoms with van der Waals surface area (Å²) in [7, 11) is 3.56. The molecule has 1 fully saturated rings. The SMILES string of the molecule is CN(C)C1(C(N)=O)CN(C(=O)Cc2ccc(NC(=O)c3ccc(Br)o3)cc2)C1. The number of nitrogens with one attached hydrogen (secondary N) is 1. The van der Waals surface area contributed by atoms with Crippen molar-refractivity contribution >= 4 is 39.3 Å². The Bertz CT molecular complexity index is 901. The molecule has 0 aliphatic carbocycles. The Kier molecular flexibility index (Phi) is 5.57. The van der Waals surface area contributed by atoms with Crippen LogP contribution < -0.4 is 11.1 Å². The van der Waals surface area contributed by atoms with E-state index in [0.717, 1.165) is 5.56 Å². The van der Waals surface area contributed by atoms with Gasteiger partial charge in [0.15, 0.2) is 10.4 Å². The Morgan fingerprint density at radius 1 is 1.18 bits per heavy atom. The second kappa shape index (κ2) is 7.76. The van der Waals surface area contributed by atoms with Crippen molar-refractivity contribution in [3.63, 3.8) is 0 Å². The number of hydrogen-bond donors (Lipinski definition) is 2. The normalized spacial score (nSPS) is 15.2. The standard InChI is InChI=1S/C19H21BrN4O4/c1-23(2)19(18(21)27)10-24(11-19)16(25)9-12-3-5-13(6-4-12)22-17(26)14-7-8-15(20)28-14/h3-8H,9-11H2,1-2H3,(H2,21,27)(H,22,26). The molecule has 8 nitrogen and oxygen atoms in total. The van der Waals surface area contributed by atoms with Crippen LogP contribution in [0.5, 0.6) is 0 Å². The molecule has 0 unspecified atom stereocenters. The molecule has 0 saturated carbocycles. The third-order valence-electron chi connectivity index (χ3n) is 4.94. The third-order valence-corrected chi connectivity index (χ3v) is 5.36. The molecule has 3 amide bonds. The van der Waals surface area contributed by atoms with E-state index in [0.29, 0.717) is 23.4 Å². The number of likely N-dealkylation sites (tertiary alicyclic amines) is 1. The van der Waals surface area contributed by atoms with Gasteiger partial charge in [-0.2, -0.15) is 0 Å². The molecule has 1 aromatic heterocycles. The fraction of sp³-hybridized carbons (Fsp3) is 0.316. The molecule has 0 atom stereocenters. The maximum absolute atomic E-state index is 12.4. The summed E-state index contributed by atoms with van der Waals surface area (Å²) in [6.45, 7) is 0.585. The Morgan fingerprint density at radius 3 is 2.32 bits per heavy atom. The molecule has 3 N–H and O–H groups in total. The number of benzene rings is 1. The lowest BCUT2D eigenvalue weighted by Gasteiger charge is -2.51. The van der Waals surface area contributed by atoms with Gasteiger partial charge in [0.05, 0.1) is 6.42 Å². The number of furan rings is 1. The molecule has 9 heteroatoms. The molecule has 28 heavy (non-hydrogen) atoms. The number of carbonyl (C=O) groups is 3. The summed E-state index contributed by atoms with van der Waals surface area (Å²) in [6.07, 6.45) is 0.210. The fourth-order valence-electron chi connectivity index (χ4n) is 3.04. The molecule has 1 aromatic carbocycles. The highest BCUT2D eigenvalue weighted by Gasteiger charge is 2.51. The molecule has 0 bridgehead atoms. The van der Waals surface area contributed by atoms with Gasteiger partial charge in [-0.05, 0) is 59.9 Å². The molecule has 0 radical (unpaired) electrons. The maximum atomic E-state index is 12.4. The van der Waals surface area contributed by atoms with Crippen LogP contribution in [0.4, 0.5) is 5.69 Å². The van der Waals surface area contributed by atoms with E-state index in [1.165, 1.54) is 0 Å². The highest BCUT2D eigenvalue weighted by atomic mass is 79.9. The van der Waals surface area contributed by atoms with Crippen LogP contribution in [-0.4, -0.2) is 60.2 Å². The molecule has 1 saturated heterocycles. The van der Waals surface area contributed by atoms with Gasteiger partial charge in [-0.3, -0.25) is 19.3 Å². The Morgan fingerprint density at radius 2 is 1.82 bits per heavy atom. The van der Waals surface area contributed by atoms with Crippen molar-refractivity contribution < 1.29 is 18.8 Å². The lowest BCUT2D eigenvalue weighted by Crippen LogP contribution is -2.75. The lowest BCUT2D eigenvalue weighted by molar-refractivity contribution is -0.152. The number of carbonyl (C=O) groups excluding carboxylic acids is 3.